The lowest BCUT2D eigenvalue weighted by Crippen LogP contribution is -2.54. The van der Waals surface area contributed by atoms with Crippen LogP contribution in [0, 0.1) is 0 Å². The minimum atomic E-state index is -0.714. The molecule has 5 N–H and O–H groups in total. The Morgan fingerprint density at radius 2 is 1.84 bits per heavy atom. The zero-order chi connectivity index (χ0) is 17.9. The standard InChI is InChI=1S/C18H26N4O2.ClH/c1-11(16(23)22-18(2,3)4)21-17(24)14(19)9-12-10-20-15-8-6-5-7-13(12)15;/h5-8,10-11,14,20H,9,19H2,1-4H3,(H,21,24)(H,22,23);1H/t11?,14-;/m0./s1. The number of nitrogens with one attached hydrogen (secondary N) is 3. The van der Waals surface area contributed by atoms with Crippen molar-refractivity contribution >= 4 is 35.1 Å². The van der Waals surface area contributed by atoms with Gasteiger partial charge in [0.25, 0.3) is 0 Å². The molecule has 2 atom stereocenters. The molecule has 0 bridgehead atoms. The maximum absolute atomic E-state index is 12.3. The topological polar surface area (TPSA) is 100 Å². The molecule has 0 radical (unpaired) electrons. The molecule has 1 heterocycles. The zero-order valence-electron chi connectivity index (χ0n) is 15.1. The van der Waals surface area contributed by atoms with E-state index >= 15 is 0 Å². The van der Waals surface area contributed by atoms with Gasteiger partial charge in [0.2, 0.25) is 11.8 Å². The fourth-order valence-corrected chi connectivity index (χ4v) is 2.49. The number of para-hydroxylation sites is 1. The Balaban J connectivity index is 0.00000312. The second-order valence-electron chi connectivity index (χ2n) is 7.14. The molecule has 7 heteroatoms. The number of rotatable bonds is 5. The molecule has 0 spiro atoms. The highest BCUT2D eigenvalue weighted by atomic mass is 35.5. The van der Waals surface area contributed by atoms with Crippen LogP contribution in [-0.4, -0.2) is 34.4 Å². The molecule has 1 aromatic carbocycles. The summed E-state index contributed by atoms with van der Waals surface area (Å²) < 4.78 is 0. The normalized spacial score (nSPS) is 13.6. The number of halogens is 1. The molecule has 1 unspecified atom stereocenters. The van der Waals surface area contributed by atoms with Crippen LogP contribution in [0.3, 0.4) is 0 Å². The molecule has 0 aliphatic rings. The summed E-state index contributed by atoms with van der Waals surface area (Å²) in [5, 5.41) is 6.56. The molecule has 1 aromatic heterocycles. The lowest BCUT2D eigenvalue weighted by molar-refractivity contribution is -0.130. The van der Waals surface area contributed by atoms with Gasteiger partial charge >= 0.3 is 0 Å². The molecular weight excluding hydrogens is 340 g/mol. The fraction of sp³-hybridized carbons (Fsp3) is 0.444. The molecular formula is C18H27ClN4O2. The fourth-order valence-electron chi connectivity index (χ4n) is 2.49. The number of hydrogen-bond donors (Lipinski definition) is 4. The van der Waals surface area contributed by atoms with E-state index in [1.165, 1.54) is 0 Å². The number of benzene rings is 1. The first-order valence-electron chi connectivity index (χ1n) is 8.10. The van der Waals surface area contributed by atoms with Crippen molar-refractivity contribution in [2.75, 3.05) is 0 Å². The number of fused-ring (bicyclic) bond motifs is 1. The minimum absolute atomic E-state index is 0. The largest absolute Gasteiger partial charge is 0.361 e. The smallest absolute Gasteiger partial charge is 0.242 e. The maximum atomic E-state index is 12.3. The lowest BCUT2D eigenvalue weighted by Gasteiger charge is -2.24. The molecule has 2 rings (SSSR count). The third kappa shape index (κ3) is 5.76. The van der Waals surface area contributed by atoms with E-state index < -0.39 is 12.1 Å². The van der Waals surface area contributed by atoms with Gasteiger partial charge in [-0.25, -0.2) is 0 Å². The molecule has 2 aromatic rings. The number of nitrogens with two attached hydrogens (primary N) is 1. The van der Waals surface area contributed by atoms with Gasteiger partial charge in [-0.05, 0) is 45.7 Å². The first-order valence-corrected chi connectivity index (χ1v) is 8.10. The average Bonchev–Trinajstić information content (AvgIpc) is 2.88. The Kier molecular flexibility index (Phi) is 7.02. The van der Waals surface area contributed by atoms with E-state index in [0.717, 1.165) is 16.5 Å². The number of H-pyrrole nitrogens is 1. The SMILES string of the molecule is CC(NC(=O)[C@@H](N)Cc1c[nH]c2ccccc12)C(=O)NC(C)(C)C.Cl. The summed E-state index contributed by atoms with van der Waals surface area (Å²) in [6, 6.07) is 6.52. The summed E-state index contributed by atoms with van der Waals surface area (Å²) in [7, 11) is 0. The third-order valence-corrected chi connectivity index (χ3v) is 3.70. The van der Waals surface area contributed by atoms with Crippen LogP contribution in [0.2, 0.25) is 0 Å². The first kappa shape index (κ1) is 21.0. The maximum Gasteiger partial charge on any atom is 0.242 e. The summed E-state index contributed by atoms with van der Waals surface area (Å²) in [5.41, 5.74) is 7.67. The number of aromatic nitrogens is 1. The van der Waals surface area contributed by atoms with Crippen LogP contribution in [0.5, 0.6) is 0 Å². The second-order valence-corrected chi connectivity index (χ2v) is 7.14. The Hall–Kier alpha value is -2.05. The lowest BCUT2D eigenvalue weighted by atomic mass is 10.0. The molecule has 0 aliphatic heterocycles. The number of carbonyl (C=O) groups is 2. The highest BCUT2D eigenvalue weighted by Crippen LogP contribution is 2.18. The number of amides is 2. The first-order chi connectivity index (χ1) is 11.2. The number of aromatic amines is 1. The van der Waals surface area contributed by atoms with Crippen molar-refractivity contribution in [1.29, 1.82) is 0 Å². The van der Waals surface area contributed by atoms with Crippen molar-refractivity contribution in [3.8, 4) is 0 Å². The summed E-state index contributed by atoms with van der Waals surface area (Å²) in [5.74, 6) is -0.563. The Morgan fingerprint density at radius 3 is 2.48 bits per heavy atom. The third-order valence-electron chi connectivity index (χ3n) is 3.70. The van der Waals surface area contributed by atoms with Gasteiger partial charge in [-0.3, -0.25) is 9.59 Å². The summed E-state index contributed by atoms with van der Waals surface area (Å²) >= 11 is 0. The van der Waals surface area contributed by atoms with Crippen LogP contribution < -0.4 is 16.4 Å². The Labute approximate surface area is 154 Å². The van der Waals surface area contributed by atoms with Crippen molar-refractivity contribution in [3.63, 3.8) is 0 Å². The van der Waals surface area contributed by atoms with Crippen molar-refractivity contribution in [2.45, 2.75) is 51.7 Å². The van der Waals surface area contributed by atoms with Crippen LogP contribution in [-0.2, 0) is 16.0 Å². The van der Waals surface area contributed by atoms with Crippen LogP contribution >= 0.6 is 12.4 Å². The van der Waals surface area contributed by atoms with Crippen LogP contribution in [0.1, 0.15) is 33.3 Å². The molecule has 2 amide bonds. The van der Waals surface area contributed by atoms with Crippen LogP contribution in [0.4, 0.5) is 0 Å². The van der Waals surface area contributed by atoms with E-state index in [0.29, 0.717) is 6.42 Å². The van der Waals surface area contributed by atoms with E-state index in [4.69, 9.17) is 5.73 Å². The van der Waals surface area contributed by atoms with E-state index in [9.17, 15) is 9.59 Å². The van der Waals surface area contributed by atoms with Crippen molar-refractivity contribution in [1.82, 2.24) is 15.6 Å². The van der Waals surface area contributed by atoms with E-state index in [1.54, 1.807) is 6.92 Å². The zero-order valence-corrected chi connectivity index (χ0v) is 15.9. The molecule has 138 valence electrons. The molecule has 0 saturated carbocycles. The number of carbonyl (C=O) groups excluding carboxylic acids is 2. The van der Waals surface area contributed by atoms with Gasteiger partial charge < -0.3 is 21.4 Å². The Bertz CT molecular complexity index is 736. The van der Waals surface area contributed by atoms with Gasteiger partial charge in [-0.15, -0.1) is 12.4 Å². The minimum Gasteiger partial charge on any atom is -0.361 e. The van der Waals surface area contributed by atoms with Gasteiger partial charge in [0.15, 0.2) is 0 Å². The summed E-state index contributed by atoms with van der Waals surface area (Å²) in [6.45, 7) is 7.32. The average molecular weight is 367 g/mol. The van der Waals surface area contributed by atoms with Gasteiger partial charge in [0.1, 0.15) is 6.04 Å². The highest BCUT2D eigenvalue weighted by molar-refractivity contribution is 5.90. The van der Waals surface area contributed by atoms with E-state index in [1.807, 2.05) is 51.2 Å². The second kappa shape index (κ2) is 8.36. The summed E-state index contributed by atoms with van der Waals surface area (Å²) in [6.07, 6.45) is 2.27. The van der Waals surface area contributed by atoms with E-state index in [-0.39, 0.29) is 29.8 Å². The van der Waals surface area contributed by atoms with Gasteiger partial charge in [0.05, 0.1) is 6.04 Å². The predicted molar refractivity (Wildman–Crippen MR) is 103 cm³/mol. The van der Waals surface area contributed by atoms with E-state index in [2.05, 4.69) is 15.6 Å². The van der Waals surface area contributed by atoms with Crippen LogP contribution in [0.15, 0.2) is 30.5 Å². The molecule has 0 aliphatic carbocycles. The van der Waals surface area contributed by atoms with Crippen LogP contribution in [0.25, 0.3) is 10.9 Å². The van der Waals surface area contributed by atoms with Gasteiger partial charge in [-0.2, -0.15) is 0 Å². The van der Waals surface area contributed by atoms with Gasteiger partial charge in [0, 0.05) is 22.6 Å². The molecule has 25 heavy (non-hydrogen) atoms. The van der Waals surface area contributed by atoms with Crippen molar-refractivity contribution < 1.29 is 9.59 Å². The van der Waals surface area contributed by atoms with Crippen molar-refractivity contribution in [3.05, 3.63) is 36.0 Å². The monoisotopic (exact) mass is 366 g/mol. The highest BCUT2D eigenvalue weighted by Gasteiger charge is 2.23. The molecule has 6 nitrogen and oxygen atoms in total. The predicted octanol–water partition coefficient (Wildman–Crippen LogP) is 1.88. The Morgan fingerprint density at radius 1 is 1.20 bits per heavy atom. The molecule has 0 fully saturated rings. The quantitative estimate of drug-likeness (QED) is 0.650. The van der Waals surface area contributed by atoms with Gasteiger partial charge in [-0.1, -0.05) is 18.2 Å². The number of hydrogen-bond acceptors (Lipinski definition) is 3. The molecule has 0 saturated heterocycles. The van der Waals surface area contributed by atoms with Crippen molar-refractivity contribution in [2.24, 2.45) is 5.73 Å². The summed E-state index contributed by atoms with van der Waals surface area (Å²) in [4.78, 5) is 27.5.